The Bertz CT molecular complexity index is 935. The fourth-order valence-corrected chi connectivity index (χ4v) is 3.42. The number of nitrogens with one attached hydrogen (secondary N) is 2. The summed E-state index contributed by atoms with van der Waals surface area (Å²) in [5, 5.41) is 6.52. The lowest BCUT2D eigenvalue weighted by atomic mass is 9.86. The average molecular weight is 417 g/mol. The van der Waals surface area contributed by atoms with Crippen LogP contribution in [0.25, 0.3) is 0 Å². The summed E-state index contributed by atoms with van der Waals surface area (Å²) in [5.41, 5.74) is 4.56. The molecule has 1 amide bonds. The Morgan fingerprint density at radius 2 is 1.45 bits per heavy atom. The summed E-state index contributed by atoms with van der Waals surface area (Å²) >= 11 is 0. The molecule has 0 fully saturated rings. The summed E-state index contributed by atoms with van der Waals surface area (Å²) in [4.78, 5) is 21.4. The molecule has 2 aromatic heterocycles. The van der Waals surface area contributed by atoms with Crippen molar-refractivity contribution in [2.45, 2.75) is 45.1 Å². The first-order valence-corrected chi connectivity index (χ1v) is 10.8. The van der Waals surface area contributed by atoms with Crippen LogP contribution in [0.3, 0.4) is 0 Å². The Labute approximate surface area is 185 Å². The van der Waals surface area contributed by atoms with E-state index in [0.717, 1.165) is 29.5 Å². The number of carbonyl (C=O) groups excluding carboxylic acids is 1. The predicted molar refractivity (Wildman–Crippen MR) is 125 cm³/mol. The molecule has 162 valence electrons. The van der Waals surface area contributed by atoms with Crippen molar-refractivity contribution in [3.8, 4) is 0 Å². The molecule has 1 aromatic carbocycles. The summed E-state index contributed by atoms with van der Waals surface area (Å²) in [6.45, 7) is 7.84. The number of pyridine rings is 2. The van der Waals surface area contributed by atoms with Gasteiger partial charge in [-0.1, -0.05) is 57.2 Å². The third-order valence-corrected chi connectivity index (χ3v) is 5.29. The first-order chi connectivity index (χ1) is 14.9. The Morgan fingerprint density at radius 3 is 1.97 bits per heavy atom. The lowest BCUT2D eigenvalue weighted by molar-refractivity contribution is -0.123. The van der Waals surface area contributed by atoms with Crippen molar-refractivity contribution in [1.29, 1.82) is 0 Å². The molecule has 0 aliphatic heterocycles. The maximum atomic E-state index is 13.1. The second-order valence-corrected chi connectivity index (χ2v) is 8.77. The molecule has 0 spiro atoms. The molecule has 0 saturated heterocycles. The van der Waals surface area contributed by atoms with Crippen LogP contribution in [-0.2, 0) is 23.1 Å². The molecule has 2 N–H and O–H groups in total. The zero-order valence-corrected chi connectivity index (χ0v) is 18.6. The van der Waals surface area contributed by atoms with Crippen LogP contribution in [0, 0.1) is 0 Å². The van der Waals surface area contributed by atoms with Crippen molar-refractivity contribution in [3.63, 3.8) is 0 Å². The Hall–Kier alpha value is -3.05. The molecule has 5 heteroatoms. The van der Waals surface area contributed by atoms with Gasteiger partial charge >= 0.3 is 0 Å². The molecule has 1 unspecified atom stereocenters. The molecular weight excluding hydrogens is 384 g/mol. The van der Waals surface area contributed by atoms with E-state index in [-0.39, 0.29) is 11.3 Å². The summed E-state index contributed by atoms with van der Waals surface area (Å²) in [6, 6.07) is 15.9. The molecule has 0 bridgehead atoms. The van der Waals surface area contributed by atoms with E-state index in [2.05, 4.69) is 71.7 Å². The van der Waals surface area contributed by atoms with Gasteiger partial charge < -0.3 is 10.6 Å². The van der Waals surface area contributed by atoms with Crippen LogP contribution >= 0.6 is 0 Å². The van der Waals surface area contributed by atoms with Gasteiger partial charge in [0.25, 0.3) is 0 Å². The van der Waals surface area contributed by atoms with Crippen molar-refractivity contribution in [2.75, 3.05) is 13.1 Å². The fourth-order valence-electron chi connectivity index (χ4n) is 3.42. The van der Waals surface area contributed by atoms with Gasteiger partial charge in [-0.15, -0.1) is 0 Å². The monoisotopic (exact) mass is 416 g/mol. The average Bonchev–Trinajstić information content (AvgIpc) is 2.77. The molecule has 2 heterocycles. The van der Waals surface area contributed by atoms with E-state index in [4.69, 9.17) is 0 Å². The van der Waals surface area contributed by atoms with E-state index in [0.29, 0.717) is 13.1 Å². The molecule has 0 saturated carbocycles. The smallest absolute Gasteiger partial charge is 0.241 e. The number of nitrogens with zero attached hydrogens (tertiary/aromatic N) is 2. The van der Waals surface area contributed by atoms with Crippen LogP contribution in [0.2, 0.25) is 0 Å². The van der Waals surface area contributed by atoms with Crippen LogP contribution in [0.5, 0.6) is 0 Å². The van der Waals surface area contributed by atoms with Gasteiger partial charge in [0.2, 0.25) is 5.91 Å². The van der Waals surface area contributed by atoms with Gasteiger partial charge in [0.05, 0.1) is 0 Å². The third-order valence-electron chi connectivity index (χ3n) is 5.29. The number of hydrogen-bond donors (Lipinski definition) is 2. The first-order valence-electron chi connectivity index (χ1n) is 10.8. The maximum Gasteiger partial charge on any atom is 0.241 e. The number of benzene rings is 1. The van der Waals surface area contributed by atoms with E-state index < -0.39 is 6.04 Å². The highest BCUT2D eigenvalue weighted by Crippen LogP contribution is 2.24. The molecule has 3 rings (SSSR count). The van der Waals surface area contributed by atoms with Crippen molar-refractivity contribution >= 4 is 5.91 Å². The number of hydrogen-bond acceptors (Lipinski definition) is 4. The van der Waals surface area contributed by atoms with Gasteiger partial charge in [-0.3, -0.25) is 14.8 Å². The zero-order chi connectivity index (χ0) is 22.1. The maximum absolute atomic E-state index is 13.1. The van der Waals surface area contributed by atoms with Crippen molar-refractivity contribution < 1.29 is 4.79 Å². The van der Waals surface area contributed by atoms with Gasteiger partial charge in [0, 0.05) is 37.9 Å². The minimum absolute atomic E-state index is 0.0152. The minimum Gasteiger partial charge on any atom is -0.354 e. The van der Waals surface area contributed by atoms with Gasteiger partial charge in [0.15, 0.2) is 0 Å². The number of rotatable bonds is 9. The predicted octanol–water partition coefficient (Wildman–Crippen LogP) is 4.01. The zero-order valence-electron chi connectivity index (χ0n) is 18.6. The van der Waals surface area contributed by atoms with Crippen LogP contribution in [0.1, 0.15) is 49.1 Å². The third kappa shape index (κ3) is 7.00. The molecule has 0 aliphatic carbocycles. The van der Waals surface area contributed by atoms with E-state index in [1.165, 1.54) is 5.56 Å². The summed E-state index contributed by atoms with van der Waals surface area (Å²) in [6.07, 6.45) is 8.79. The summed E-state index contributed by atoms with van der Waals surface area (Å²) in [5.74, 6) is -0.0152. The van der Waals surface area contributed by atoms with Gasteiger partial charge in [0.1, 0.15) is 6.04 Å². The van der Waals surface area contributed by atoms with E-state index in [1.807, 2.05) is 30.6 Å². The SMILES string of the molecule is CC(C)(C)c1ccc(C(NCCc2cccnc2)C(=O)NCCc2cccnc2)cc1. The van der Waals surface area contributed by atoms with Crippen LogP contribution < -0.4 is 10.6 Å². The van der Waals surface area contributed by atoms with Gasteiger partial charge in [-0.05, 0) is 52.6 Å². The number of aromatic nitrogens is 2. The fraction of sp³-hybridized carbons (Fsp3) is 0.346. The highest BCUT2D eigenvalue weighted by Gasteiger charge is 2.21. The largest absolute Gasteiger partial charge is 0.354 e. The Morgan fingerprint density at radius 1 is 0.871 bits per heavy atom. The molecule has 0 radical (unpaired) electrons. The number of carbonyl (C=O) groups is 1. The van der Waals surface area contributed by atoms with Crippen LogP contribution in [-0.4, -0.2) is 29.0 Å². The normalized spacial score (nSPS) is 12.4. The van der Waals surface area contributed by atoms with E-state index in [9.17, 15) is 4.79 Å². The highest BCUT2D eigenvalue weighted by atomic mass is 16.2. The van der Waals surface area contributed by atoms with Crippen molar-refractivity contribution in [2.24, 2.45) is 0 Å². The molecule has 31 heavy (non-hydrogen) atoms. The minimum atomic E-state index is -0.403. The summed E-state index contributed by atoms with van der Waals surface area (Å²) in [7, 11) is 0. The van der Waals surface area contributed by atoms with E-state index in [1.54, 1.807) is 12.4 Å². The lowest BCUT2D eigenvalue weighted by Crippen LogP contribution is -2.39. The van der Waals surface area contributed by atoms with Gasteiger partial charge in [-0.2, -0.15) is 0 Å². The summed E-state index contributed by atoms with van der Waals surface area (Å²) < 4.78 is 0. The molecule has 5 nitrogen and oxygen atoms in total. The van der Waals surface area contributed by atoms with Crippen molar-refractivity contribution in [1.82, 2.24) is 20.6 Å². The topological polar surface area (TPSA) is 66.9 Å². The molecule has 0 aliphatic rings. The quantitative estimate of drug-likeness (QED) is 0.553. The molecule has 1 atom stereocenters. The second kappa shape index (κ2) is 10.8. The standard InChI is InChI=1S/C26H32N4O/c1-26(2,3)23-10-8-22(9-11-23)24(29-16-12-20-6-4-14-27-18-20)25(31)30-17-13-21-7-5-15-28-19-21/h4-11,14-15,18-19,24,29H,12-13,16-17H2,1-3H3,(H,30,31). The van der Waals surface area contributed by atoms with Gasteiger partial charge in [-0.25, -0.2) is 0 Å². The van der Waals surface area contributed by atoms with Crippen LogP contribution in [0.15, 0.2) is 73.3 Å². The molecular formula is C26H32N4O. The first kappa shape index (κ1) is 22.6. The van der Waals surface area contributed by atoms with E-state index >= 15 is 0 Å². The highest BCUT2D eigenvalue weighted by molar-refractivity contribution is 5.83. The number of amides is 1. The second-order valence-electron chi connectivity index (χ2n) is 8.77. The lowest BCUT2D eigenvalue weighted by Gasteiger charge is -2.22. The Kier molecular flexibility index (Phi) is 7.90. The Balaban J connectivity index is 1.66. The molecule has 3 aromatic rings. The van der Waals surface area contributed by atoms with Crippen LogP contribution in [0.4, 0.5) is 0 Å². The van der Waals surface area contributed by atoms with Crippen molar-refractivity contribution in [3.05, 3.63) is 95.6 Å².